The molecule has 19 heavy (non-hydrogen) atoms. The van der Waals surface area contributed by atoms with Crippen LogP contribution in [0.4, 0.5) is 5.69 Å². The van der Waals surface area contributed by atoms with E-state index < -0.39 is 11.3 Å². The van der Waals surface area contributed by atoms with Crippen LogP contribution in [0.3, 0.4) is 0 Å². The third kappa shape index (κ3) is 3.62. The summed E-state index contributed by atoms with van der Waals surface area (Å²) in [7, 11) is 0. The Morgan fingerprint density at radius 2 is 1.95 bits per heavy atom. The van der Waals surface area contributed by atoms with Crippen molar-refractivity contribution < 1.29 is 13.5 Å². The molecule has 2 aromatic rings. The fourth-order valence-electron chi connectivity index (χ4n) is 1.48. The average Bonchev–Trinajstić information content (AvgIpc) is 2.37. The summed E-state index contributed by atoms with van der Waals surface area (Å²) in [6.45, 7) is 1.70. The summed E-state index contributed by atoms with van der Waals surface area (Å²) in [4.78, 5) is 0. The van der Waals surface area contributed by atoms with E-state index in [1.807, 2.05) is 6.07 Å². The molecule has 0 amide bonds. The Hall–Kier alpha value is -1.72. The SMILES string of the molecule is Cc1cc(NS(=O)Oc2ccccc2)cc(Cl)c1O. The highest BCUT2D eigenvalue weighted by Gasteiger charge is 2.08. The van der Waals surface area contributed by atoms with Crippen LogP contribution in [0.2, 0.25) is 5.02 Å². The van der Waals surface area contributed by atoms with Crippen LogP contribution in [0, 0.1) is 6.92 Å². The van der Waals surface area contributed by atoms with Crippen molar-refractivity contribution in [1.29, 1.82) is 0 Å². The van der Waals surface area contributed by atoms with Gasteiger partial charge < -0.3 is 9.29 Å². The minimum atomic E-state index is -1.74. The van der Waals surface area contributed by atoms with Crippen LogP contribution in [-0.4, -0.2) is 9.32 Å². The minimum Gasteiger partial charge on any atom is -0.506 e. The van der Waals surface area contributed by atoms with Gasteiger partial charge in [0.1, 0.15) is 11.5 Å². The Morgan fingerprint density at radius 3 is 2.58 bits per heavy atom. The van der Waals surface area contributed by atoms with Crippen molar-refractivity contribution in [3.05, 3.63) is 53.1 Å². The second kappa shape index (κ2) is 5.95. The summed E-state index contributed by atoms with van der Waals surface area (Å²) in [5.41, 5.74) is 1.10. The standard InChI is InChI=1S/C13H12ClNO3S/c1-9-7-10(8-12(14)13(9)16)15-19(17)18-11-5-3-2-4-6-11/h2-8,15-16H,1H3. The van der Waals surface area contributed by atoms with Crippen molar-refractivity contribution in [2.75, 3.05) is 4.72 Å². The molecule has 2 rings (SSSR count). The van der Waals surface area contributed by atoms with Crippen molar-refractivity contribution >= 4 is 28.6 Å². The molecule has 0 fully saturated rings. The van der Waals surface area contributed by atoms with Gasteiger partial charge in [0.2, 0.25) is 0 Å². The van der Waals surface area contributed by atoms with Crippen LogP contribution in [0.15, 0.2) is 42.5 Å². The van der Waals surface area contributed by atoms with Gasteiger partial charge in [-0.05, 0) is 36.8 Å². The lowest BCUT2D eigenvalue weighted by atomic mass is 10.2. The smallest absolute Gasteiger partial charge is 0.316 e. The van der Waals surface area contributed by atoms with Crippen molar-refractivity contribution in [2.24, 2.45) is 0 Å². The number of benzene rings is 2. The molecule has 4 nitrogen and oxygen atoms in total. The lowest BCUT2D eigenvalue weighted by molar-refractivity contribution is 0.471. The average molecular weight is 298 g/mol. The molecule has 2 aromatic carbocycles. The Labute approximate surface area is 118 Å². The zero-order valence-electron chi connectivity index (χ0n) is 10.1. The molecule has 0 aliphatic carbocycles. The number of aryl methyl sites for hydroxylation is 1. The van der Waals surface area contributed by atoms with Gasteiger partial charge in [-0.1, -0.05) is 29.8 Å². The first-order valence-electron chi connectivity index (χ1n) is 5.47. The van der Waals surface area contributed by atoms with Crippen LogP contribution in [0.1, 0.15) is 5.56 Å². The Bertz CT molecular complexity index is 581. The van der Waals surface area contributed by atoms with Gasteiger partial charge in [0.05, 0.1) is 10.7 Å². The first-order valence-corrected chi connectivity index (χ1v) is 6.92. The summed E-state index contributed by atoms with van der Waals surface area (Å²) < 4.78 is 19.6. The van der Waals surface area contributed by atoms with Crippen molar-refractivity contribution in [1.82, 2.24) is 0 Å². The van der Waals surface area contributed by atoms with E-state index >= 15 is 0 Å². The van der Waals surface area contributed by atoms with E-state index in [0.717, 1.165) is 0 Å². The van der Waals surface area contributed by atoms with Gasteiger partial charge in [-0.2, -0.15) is 4.21 Å². The molecular weight excluding hydrogens is 286 g/mol. The summed E-state index contributed by atoms with van der Waals surface area (Å²) in [6, 6.07) is 11.9. The van der Waals surface area contributed by atoms with Crippen LogP contribution in [0.5, 0.6) is 11.5 Å². The molecule has 0 aliphatic rings. The molecule has 0 heterocycles. The molecule has 100 valence electrons. The number of hydrogen-bond acceptors (Lipinski definition) is 3. The molecule has 1 atom stereocenters. The van der Waals surface area contributed by atoms with Crippen LogP contribution >= 0.6 is 11.6 Å². The third-order valence-electron chi connectivity index (χ3n) is 2.37. The zero-order valence-corrected chi connectivity index (χ0v) is 11.7. The van der Waals surface area contributed by atoms with Crippen molar-refractivity contribution in [3.63, 3.8) is 0 Å². The van der Waals surface area contributed by atoms with Crippen LogP contribution < -0.4 is 8.91 Å². The minimum absolute atomic E-state index is 0.0157. The van der Waals surface area contributed by atoms with Gasteiger partial charge >= 0.3 is 11.3 Å². The maximum absolute atomic E-state index is 11.8. The molecule has 0 saturated carbocycles. The van der Waals surface area contributed by atoms with Gasteiger partial charge in [0.25, 0.3) is 0 Å². The Kier molecular flexibility index (Phi) is 4.29. The quantitative estimate of drug-likeness (QED) is 0.850. The molecule has 6 heteroatoms. The zero-order chi connectivity index (χ0) is 13.8. The largest absolute Gasteiger partial charge is 0.506 e. The van der Waals surface area contributed by atoms with Gasteiger partial charge in [0.15, 0.2) is 0 Å². The van der Waals surface area contributed by atoms with E-state index in [0.29, 0.717) is 17.0 Å². The fourth-order valence-corrected chi connectivity index (χ4v) is 2.38. The van der Waals surface area contributed by atoms with Gasteiger partial charge in [0, 0.05) is 0 Å². The number of rotatable bonds is 4. The van der Waals surface area contributed by atoms with E-state index in [-0.39, 0.29) is 10.8 Å². The first kappa shape index (κ1) is 13.7. The normalized spacial score (nSPS) is 11.9. The second-order valence-electron chi connectivity index (χ2n) is 3.86. The molecule has 2 N–H and O–H groups in total. The summed E-state index contributed by atoms with van der Waals surface area (Å²) >= 11 is 4.10. The van der Waals surface area contributed by atoms with E-state index in [2.05, 4.69) is 4.72 Å². The number of hydrogen-bond donors (Lipinski definition) is 2. The molecule has 0 aliphatic heterocycles. The maximum atomic E-state index is 11.8. The van der Waals surface area contributed by atoms with E-state index in [1.165, 1.54) is 6.07 Å². The summed E-state index contributed by atoms with van der Waals surface area (Å²) in [5, 5.41) is 9.73. The molecule has 0 aromatic heterocycles. The number of para-hydroxylation sites is 1. The highest BCUT2D eigenvalue weighted by atomic mass is 35.5. The Morgan fingerprint density at radius 1 is 1.26 bits per heavy atom. The van der Waals surface area contributed by atoms with Crippen molar-refractivity contribution in [3.8, 4) is 11.5 Å². The lowest BCUT2D eigenvalue weighted by Gasteiger charge is -2.09. The van der Waals surface area contributed by atoms with E-state index in [4.69, 9.17) is 15.8 Å². The number of aromatic hydroxyl groups is 1. The lowest BCUT2D eigenvalue weighted by Crippen LogP contribution is -2.11. The fraction of sp³-hybridized carbons (Fsp3) is 0.0769. The van der Waals surface area contributed by atoms with Gasteiger partial charge in [-0.25, -0.2) is 0 Å². The molecule has 1 unspecified atom stereocenters. The third-order valence-corrected chi connectivity index (χ3v) is 3.40. The number of anilines is 1. The Balaban J connectivity index is 2.07. The number of phenolic OH excluding ortho intramolecular Hbond substituents is 1. The van der Waals surface area contributed by atoms with Crippen LogP contribution in [-0.2, 0) is 11.3 Å². The predicted molar refractivity (Wildman–Crippen MR) is 76.7 cm³/mol. The predicted octanol–water partition coefficient (Wildman–Crippen LogP) is 3.42. The maximum Gasteiger partial charge on any atom is 0.316 e. The topological polar surface area (TPSA) is 58.6 Å². The molecule has 0 saturated heterocycles. The molecule has 0 spiro atoms. The van der Waals surface area contributed by atoms with Gasteiger partial charge in [-0.15, -0.1) is 0 Å². The van der Waals surface area contributed by atoms with E-state index in [1.54, 1.807) is 37.3 Å². The number of halogens is 1. The second-order valence-corrected chi connectivity index (χ2v) is 5.10. The molecule has 0 radical (unpaired) electrons. The van der Waals surface area contributed by atoms with Crippen LogP contribution in [0.25, 0.3) is 0 Å². The highest BCUT2D eigenvalue weighted by molar-refractivity contribution is 7.81. The van der Waals surface area contributed by atoms with Gasteiger partial charge in [-0.3, -0.25) is 4.72 Å². The summed E-state index contributed by atoms with van der Waals surface area (Å²) in [6.07, 6.45) is 0. The van der Waals surface area contributed by atoms with E-state index in [9.17, 15) is 9.32 Å². The first-order chi connectivity index (χ1) is 9.06. The van der Waals surface area contributed by atoms with Crippen molar-refractivity contribution in [2.45, 2.75) is 6.92 Å². The number of phenols is 1. The summed E-state index contributed by atoms with van der Waals surface area (Å²) in [5.74, 6) is 0.511. The molecular formula is C13H12ClNO3S. The monoisotopic (exact) mass is 297 g/mol. The highest BCUT2D eigenvalue weighted by Crippen LogP contribution is 2.30. The molecule has 0 bridgehead atoms. The number of nitrogens with one attached hydrogen (secondary N) is 1.